The van der Waals surface area contributed by atoms with Crippen LogP contribution < -0.4 is 16.0 Å². The standard InChI is InChI=1S/C25H24N4OS3/c1-16(23(30)29-24-21(15-26)20-12-5-6-13-22(20)33-24)32-19-11-7-10-18(14-19)28-25(31)27-17-8-3-2-4-9-17/h2-4,7-11,14,16H,5-6,12-13H2,1H3,(H,29,30)(H2,27,28,31). The van der Waals surface area contributed by atoms with Crippen molar-refractivity contribution in [3.05, 3.63) is 70.6 Å². The Bertz CT molecular complexity index is 1200. The minimum absolute atomic E-state index is 0.102. The molecule has 1 aromatic heterocycles. The second-order valence-corrected chi connectivity index (χ2v) is 10.7. The zero-order valence-electron chi connectivity index (χ0n) is 18.2. The number of nitrogens with zero attached hydrogens (tertiary/aromatic N) is 1. The van der Waals surface area contributed by atoms with Crippen LogP contribution in [0.1, 0.15) is 35.8 Å². The summed E-state index contributed by atoms with van der Waals surface area (Å²) in [5.74, 6) is -0.102. The highest BCUT2D eigenvalue weighted by molar-refractivity contribution is 8.00. The second kappa shape index (κ2) is 10.8. The van der Waals surface area contributed by atoms with Gasteiger partial charge in [0.05, 0.1) is 10.8 Å². The second-order valence-electron chi connectivity index (χ2n) is 7.75. The van der Waals surface area contributed by atoms with E-state index in [1.54, 1.807) is 11.3 Å². The lowest BCUT2D eigenvalue weighted by atomic mass is 9.96. The molecule has 0 radical (unpaired) electrons. The Kier molecular flexibility index (Phi) is 7.65. The van der Waals surface area contributed by atoms with Crippen LogP contribution in [-0.2, 0) is 17.6 Å². The largest absolute Gasteiger partial charge is 0.332 e. The molecule has 1 unspecified atom stereocenters. The highest BCUT2D eigenvalue weighted by Crippen LogP contribution is 2.38. The minimum atomic E-state index is -0.319. The summed E-state index contributed by atoms with van der Waals surface area (Å²) in [6, 6.07) is 19.8. The van der Waals surface area contributed by atoms with E-state index in [0.717, 1.165) is 47.5 Å². The van der Waals surface area contributed by atoms with E-state index in [1.807, 2.05) is 61.5 Å². The molecule has 8 heteroatoms. The van der Waals surface area contributed by atoms with Crippen molar-refractivity contribution in [3.8, 4) is 6.07 Å². The van der Waals surface area contributed by atoms with E-state index in [-0.39, 0.29) is 11.2 Å². The Morgan fingerprint density at radius 2 is 1.79 bits per heavy atom. The molecule has 2 aromatic carbocycles. The van der Waals surface area contributed by atoms with Gasteiger partial charge in [-0.1, -0.05) is 24.3 Å². The van der Waals surface area contributed by atoms with Crippen molar-refractivity contribution in [1.82, 2.24) is 0 Å². The molecule has 33 heavy (non-hydrogen) atoms. The van der Waals surface area contributed by atoms with Gasteiger partial charge in [-0.25, -0.2) is 0 Å². The van der Waals surface area contributed by atoms with Gasteiger partial charge in [0, 0.05) is 21.1 Å². The smallest absolute Gasteiger partial charge is 0.238 e. The molecule has 1 aliphatic rings. The summed E-state index contributed by atoms with van der Waals surface area (Å²) in [5, 5.41) is 19.8. The van der Waals surface area contributed by atoms with Gasteiger partial charge in [0.15, 0.2) is 5.11 Å². The number of hydrogen-bond acceptors (Lipinski definition) is 5. The molecular weight excluding hydrogens is 469 g/mol. The third-order valence-electron chi connectivity index (χ3n) is 5.33. The molecule has 4 rings (SSSR count). The fourth-order valence-electron chi connectivity index (χ4n) is 3.71. The summed E-state index contributed by atoms with van der Waals surface area (Å²) in [7, 11) is 0. The van der Waals surface area contributed by atoms with Crippen LogP contribution in [0, 0.1) is 11.3 Å². The minimum Gasteiger partial charge on any atom is -0.332 e. The summed E-state index contributed by atoms with van der Waals surface area (Å²) in [6.07, 6.45) is 4.17. The van der Waals surface area contributed by atoms with Gasteiger partial charge < -0.3 is 16.0 Å². The fraction of sp³-hybridized carbons (Fsp3) is 0.240. The molecule has 0 fully saturated rings. The van der Waals surface area contributed by atoms with Crippen molar-refractivity contribution >= 4 is 62.7 Å². The van der Waals surface area contributed by atoms with E-state index in [0.29, 0.717) is 15.7 Å². The van der Waals surface area contributed by atoms with Gasteiger partial charge in [0.1, 0.15) is 11.1 Å². The van der Waals surface area contributed by atoms with Crippen LogP contribution in [0.4, 0.5) is 16.4 Å². The van der Waals surface area contributed by atoms with E-state index in [1.165, 1.54) is 16.6 Å². The third kappa shape index (κ3) is 5.93. The first-order valence-corrected chi connectivity index (χ1v) is 12.9. The first-order chi connectivity index (χ1) is 16.0. The van der Waals surface area contributed by atoms with E-state index in [2.05, 4.69) is 22.0 Å². The van der Waals surface area contributed by atoms with Crippen LogP contribution in [0.3, 0.4) is 0 Å². The molecular formula is C25H24N4OS3. The zero-order chi connectivity index (χ0) is 23.2. The Morgan fingerprint density at radius 1 is 1.06 bits per heavy atom. The molecule has 3 N–H and O–H groups in total. The number of thiophene rings is 1. The van der Waals surface area contributed by atoms with Crippen molar-refractivity contribution < 1.29 is 4.79 Å². The van der Waals surface area contributed by atoms with Gasteiger partial charge in [0.25, 0.3) is 0 Å². The zero-order valence-corrected chi connectivity index (χ0v) is 20.6. The molecule has 0 bridgehead atoms. The fourth-order valence-corrected chi connectivity index (χ4v) is 6.11. The maximum atomic E-state index is 12.9. The van der Waals surface area contributed by atoms with Crippen molar-refractivity contribution in [3.63, 3.8) is 0 Å². The topological polar surface area (TPSA) is 76.9 Å². The van der Waals surface area contributed by atoms with Crippen molar-refractivity contribution in [2.24, 2.45) is 0 Å². The Labute approximate surface area is 207 Å². The molecule has 5 nitrogen and oxygen atoms in total. The molecule has 168 valence electrons. The van der Waals surface area contributed by atoms with E-state index in [9.17, 15) is 10.1 Å². The molecule has 0 saturated carbocycles. The first-order valence-electron chi connectivity index (χ1n) is 10.8. The maximum Gasteiger partial charge on any atom is 0.238 e. The molecule has 1 heterocycles. The van der Waals surface area contributed by atoms with E-state index < -0.39 is 0 Å². The average Bonchev–Trinajstić information content (AvgIpc) is 3.16. The van der Waals surface area contributed by atoms with E-state index in [4.69, 9.17) is 12.2 Å². The van der Waals surface area contributed by atoms with Crippen LogP contribution in [0.25, 0.3) is 0 Å². The Balaban J connectivity index is 1.37. The number of hydrogen-bond donors (Lipinski definition) is 3. The van der Waals surface area contributed by atoms with E-state index >= 15 is 0 Å². The number of thiocarbonyl (C=S) groups is 1. The molecule has 1 aliphatic carbocycles. The third-order valence-corrected chi connectivity index (χ3v) is 7.83. The summed E-state index contributed by atoms with van der Waals surface area (Å²) < 4.78 is 0. The molecule has 0 saturated heterocycles. The van der Waals surface area contributed by atoms with Crippen molar-refractivity contribution in [2.75, 3.05) is 16.0 Å². The summed E-state index contributed by atoms with van der Waals surface area (Å²) in [5.41, 5.74) is 3.53. The average molecular weight is 493 g/mol. The van der Waals surface area contributed by atoms with Crippen molar-refractivity contribution in [1.29, 1.82) is 5.26 Å². The monoisotopic (exact) mass is 492 g/mol. The lowest BCUT2D eigenvalue weighted by molar-refractivity contribution is -0.115. The van der Waals surface area contributed by atoms with Gasteiger partial charge >= 0.3 is 0 Å². The number of nitriles is 1. The predicted octanol–water partition coefficient (Wildman–Crippen LogP) is 6.43. The van der Waals surface area contributed by atoms with Crippen LogP contribution in [-0.4, -0.2) is 16.3 Å². The normalized spacial score (nSPS) is 13.3. The molecule has 1 amide bonds. The number of nitrogens with one attached hydrogen (secondary N) is 3. The van der Waals surface area contributed by atoms with Gasteiger partial charge in [0.2, 0.25) is 5.91 Å². The van der Waals surface area contributed by atoms with Crippen LogP contribution in [0.2, 0.25) is 0 Å². The Morgan fingerprint density at radius 3 is 2.58 bits per heavy atom. The summed E-state index contributed by atoms with van der Waals surface area (Å²) >= 11 is 8.43. The highest BCUT2D eigenvalue weighted by Gasteiger charge is 2.23. The number of amides is 1. The number of fused-ring (bicyclic) bond motifs is 1. The lowest BCUT2D eigenvalue weighted by Gasteiger charge is -2.14. The van der Waals surface area contributed by atoms with Gasteiger partial charge in [-0.2, -0.15) is 5.26 Å². The maximum absolute atomic E-state index is 12.9. The molecule has 3 aromatic rings. The number of benzene rings is 2. The van der Waals surface area contributed by atoms with Crippen molar-refractivity contribution in [2.45, 2.75) is 42.8 Å². The van der Waals surface area contributed by atoms with Crippen LogP contribution in [0.5, 0.6) is 0 Å². The predicted molar refractivity (Wildman–Crippen MR) is 142 cm³/mol. The number of rotatable bonds is 6. The SMILES string of the molecule is CC(Sc1cccc(NC(=S)Nc2ccccc2)c1)C(=O)Nc1sc2c(c1C#N)CCCC2. The Hall–Kier alpha value is -2.86. The van der Waals surface area contributed by atoms with Gasteiger partial charge in [-0.05, 0) is 80.7 Å². The number of para-hydroxylation sites is 1. The number of carbonyl (C=O) groups excluding carboxylic acids is 1. The number of carbonyl (C=O) groups is 1. The highest BCUT2D eigenvalue weighted by atomic mass is 32.2. The summed E-state index contributed by atoms with van der Waals surface area (Å²) in [6.45, 7) is 1.88. The van der Waals surface area contributed by atoms with Crippen LogP contribution >= 0.6 is 35.3 Å². The quantitative estimate of drug-likeness (QED) is 0.272. The molecule has 0 spiro atoms. The molecule has 0 aliphatic heterocycles. The number of aryl methyl sites for hydroxylation is 1. The number of thioether (sulfide) groups is 1. The summed E-state index contributed by atoms with van der Waals surface area (Å²) in [4.78, 5) is 15.1. The van der Waals surface area contributed by atoms with Gasteiger partial charge in [-0.15, -0.1) is 23.1 Å². The van der Waals surface area contributed by atoms with Gasteiger partial charge in [-0.3, -0.25) is 4.79 Å². The number of anilines is 3. The lowest BCUT2D eigenvalue weighted by Crippen LogP contribution is -2.22. The first kappa shape index (κ1) is 23.3. The van der Waals surface area contributed by atoms with Crippen LogP contribution in [0.15, 0.2) is 59.5 Å². The molecule has 1 atom stereocenters.